The van der Waals surface area contributed by atoms with Crippen LogP contribution in [0, 0.1) is 0 Å². The van der Waals surface area contributed by atoms with Crippen LogP contribution in [0.4, 0.5) is 5.69 Å². The smallest absolute Gasteiger partial charge is 0.262 e. The molecular weight excluding hydrogens is 422 g/mol. The average Bonchev–Trinajstić information content (AvgIpc) is 3.24. The number of anilines is 1. The van der Waals surface area contributed by atoms with E-state index in [1.54, 1.807) is 24.3 Å². The van der Waals surface area contributed by atoms with Gasteiger partial charge in [-0.25, -0.2) is 8.42 Å². The highest BCUT2D eigenvalue weighted by atomic mass is 32.2. The van der Waals surface area contributed by atoms with Gasteiger partial charge in [-0.05, 0) is 37.3 Å². The van der Waals surface area contributed by atoms with E-state index in [1.165, 1.54) is 26.4 Å². The molecule has 166 valence electrons. The highest BCUT2D eigenvalue weighted by molar-refractivity contribution is 7.92. The van der Waals surface area contributed by atoms with Crippen LogP contribution in [0.5, 0.6) is 17.2 Å². The van der Waals surface area contributed by atoms with E-state index in [4.69, 9.17) is 18.7 Å². The van der Waals surface area contributed by atoms with Crippen molar-refractivity contribution in [3.63, 3.8) is 0 Å². The van der Waals surface area contributed by atoms with Crippen molar-refractivity contribution < 1.29 is 27.2 Å². The SMILES string of the molecule is CCOc1ccc(S(=O)(=O)Nc2ccc(OC)cc2OC)cc1-c1nc(C(C)C)no1. The van der Waals surface area contributed by atoms with Crippen LogP contribution in [0.2, 0.25) is 0 Å². The van der Waals surface area contributed by atoms with Gasteiger partial charge in [-0.1, -0.05) is 19.0 Å². The molecular formula is C21H25N3O6S. The van der Waals surface area contributed by atoms with E-state index in [0.29, 0.717) is 35.2 Å². The van der Waals surface area contributed by atoms with Crippen molar-refractivity contribution in [2.24, 2.45) is 0 Å². The van der Waals surface area contributed by atoms with Gasteiger partial charge in [0, 0.05) is 12.0 Å². The first-order valence-corrected chi connectivity index (χ1v) is 11.1. The molecule has 0 saturated heterocycles. The molecule has 3 rings (SSSR count). The fraction of sp³-hybridized carbons (Fsp3) is 0.333. The van der Waals surface area contributed by atoms with Crippen LogP contribution in [0.1, 0.15) is 32.5 Å². The van der Waals surface area contributed by atoms with Crippen LogP contribution in [0.25, 0.3) is 11.5 Å². The summed E-state index contributed by atoms with van der Waals surface area (Å²) >= 11 is 0. The molecule has 0 aliphatic heterocycles. The summed E-state index contributed by atoms with van der Waals surface area (Å²) in [5, 5.41) is 3.96. The Morgan fingerprint density at radius 1 is 1.06 bits per heavy atom. The zero-order valence-corrected chi connectivity index (χ0v) is 18.8. The highest BCUT2D eigenvalue weighted by Gasteiger charge is 2.22. The molecule has 0 aliphatic rings. The molecule has 0 bridgehead atoms. The summed E-state index contributed by atoms with van der Waals surface area (Å²) in [7, 11) is -0.989. The first kappa shape index (κ1) is 22.4. The molecule has 1 heterocycles. The first-order chi connectivity index (χ1) is 14.8. The molecule has 31 heavy (non-hydrogen) atoms. The van der Waals surface area contributed by atoms with E-state index in [2.05, 4.69) is 14.9 Å². The summed E-state index contributed by atoms with van der Waals surface area (Å²) in [6, 6.07) is 9.26. The van der Waals surface area contributed by atoms with Crippen LogP contribution in [-0.2, 0) is 10.0 Å². The second-order valence-electron chi connectivity index (χ2n) is 6.88. The Morgan fingerprint density at radius 2 is 1.84 bits per heavy atom. The minimum atomic E-state index is -3.95. The topological polar surface area (TPSA) is 113 Å². The van der Waals surface area contributed by atoms with Gasteiger partial charge in [0.15, 0.2) is 5.82 Å². The minimum absolute atomic E-state index is 0.00752. The number of nitrogens with zero attached hydrogens (tertiary/aromatic N) is 2. The van der Waals surface area contributed by atoms with Crippen LogP contribution in [0.3, 0.4) is 0 Å². The number of methoxy groups -OCH3 is 2. The van der Waals surface area contributed by atoms with Crippen molar-refractivity contribution in [1.82, 2.24) is 10.1 Å². The molecule has 2 aromatic carbocycles. The van der Waals surface area contributed by atoms with Crippen molar-refractivity contribution in [3.05, 3.63) is 42.2 Å². The monoisotopic (exact) mass is 447 g/mol. The molecule has 1 aromatic heterocycles. The Balaban J connectivity index is 2.01. The third kappa shape index (κ3) is 4.91. The van der Waals surface area contributed by atoms with Crippen molar-refractivity contribution in [3.8, 4) is 28.7 Å². The number of rotatable bonds is 9. The van der Waals surface area contributed by atoms with Gasteiger partial charge in [-0.3, -0.25) is 4.72 Å². The van der Waals surface area contributed by atoms with Crippen molar-refractivity contribution in [1.29, 1.82) is 0 Å². The lowest BCUT2D eigenvalue weighted by atomic mass is 10.2. The molecule has 0 unspecified atom stereocenters. The second kappa shape index (κ2) is 9.25. The number of hydrogen-bond donors (Lipinski definition) is 1. The highest BCUT2D eigenvalue weighted by Crippen LogP contribution is 2.34. The molecule has 0 radical (unpaired) electrons. The Labute approximate surface area is 181 Å². The fourth-order valence-corrected chi connectivity index (χ4v) is 3.89. The standard InChI is InChI=1S/C21H25N3O6S/c1-6-29-18-10-8-15(12-16(18)21-22-20(13(2)3)23-30-21)31(25,26)24-17-9-7-14(27-4)11-19(17)28-5/h7-13,24H,6H2,1-5H3. The van der Waals surface area contributed by atoms with E-state index in [1.807, 2.05) is 20.8 Å². The molecule has 3 aromatic rings. The second-order valence-corrected chi connectivity index (χ2v) is 8.56. The number of aromatic nitrogens is 2. The third-order valence-corrected chi connectivity index (χ3v) is 5.77. The fourth-order valence-electron chi connectivity index (χ4n) is 2.79. The molecule has 0 atom stereocenters. The Morgan fingerprint density at radius 3 is 2.45 bits per heavy atom. The van der Waals surface area contributed by atoms with Gasteiger partial charge in [0.05, 0.1) is 37.0 Å². The van der Waals surface area contributed by atoms with E-state index < -0.39 is 10.0 Å². The quantitative estimate of drug-likeness (QED) is 0.522. The Kier molecular flexibility index (Phi) is 6.69. The van der Waals surface area contributed by atoms with Crippen molar-refractivity contribution >= 4 is 15.7 Å². The largest absolute Gasteiger partial charge is 0.497 e. The van der Waals surface area contributed by atoms with Gasteiger partial charge in [0.1, 0.15) is 17.2 Å². The molecule has 10 heteroatoms. The average molecular weight is 448 g/mol. The summed E-state index contributed by atoms with van der Waals surface area (Å²) in [6.07, 6.45) is 0. The third-order valence-electron chi connectivity index (χ3n) is 4.40. The van der Waals surface area contributed by atoms with E-state index in [9.17, 15) is 8.42 Å². The van der Waals surface area contributed by atoms with E-state index in [-0.39, 0.29) is 22.4 Å². The van der Waals surface area contributed by atoms with Crippen molar-refractivity contribution in [2.45, 2.75) is 31.6 Å². The maximum atomic E-state index is 13.1. The summed E-state index contributed by atoms with van der Waals surface area (Å²) in [6.45, 7) is 6.10. The van der Waals surface area contributed by atoms with Gasteiger partial charge in [0.25, 0.3) is 15.9 Å². The maximum absolute atomic E-state index is 13.1. The van der Waals surface area contributed by atoms with E-state index >= 15 is 0 Å². The van der Waals surface area contributed by atoms with Crippen LogP contribution in [0.15, 0.2) is 45.8 Å². The van der Waals surface area contributed by atoms with Crippen LogP contribution >= 0.6 is 0 Å². The zero-order valence-electron chi connectivity index (χ0n) is 18.0. The molecule has 0 spiro atoms. The molecule has 9 nitrogen and oxygen atoms in total. The molecule has 0 amide bonds. The minimum Gasteiger partial charge on any atom is -0.497 e. The van der Waals surface area contributed by atoms with Crippen molar-refractivity contribution in [2.75, 3.05) is 25.5 Å². The zero-order chi connectivity index (χ0) is 22.6. The number of benzene rings is 2. The van der Waals surface area contributed by atoms with Gasteiger partial charge in [-0.2, -0.15) is 4.98 Å². The summed E-state index contributed by atoms with van der Waals surface area (Å²) in [5.41, 5.74) is 0.671. The predicted octanol–water partition coefficient (Wildman–Crippen LogP) is 4.08. The van der Waals surface area contributed by atoms with E-state index in [0.717, 1.165) is 0 Å². The molecule has 0 fully saturated rings. The predicted molar refractivity (Wildman–Crippen MR) is 115 cm³/mol. The van der Waals surface area contributed by atoms with Gasteiger partial charge >= 0.3 is 0 Å². The lowest BCUT2D eigenvalue weighted by molar-refractivity contribution is 0.339. The molecule has 0 aliphatic carbocycles. The van der Waals surface area contributed by atoms with Crippen LogP contribution in [-0.4, -0.2) is 39.4 Å². The molecule has 1 N–H and O–H groups in total. The Hall–Kier alpha value is -3.27. The number of nitrogens with one attached hydrogen (secondary N) is 1. The van der Waals surface area contributed by atoms with Crippen LogP contribution < -0.4 is 18.9 Å². The van der Waals surface area contributed by atoms with Gasteiger partial charge in [-0.15, -0.1) is 0 Å². The van der Waals surface area contributed by atoms with Gasteiger partial charge < -0.3 is 18.7 Å². The summed E-state index contributed by atoms with van der Waals surface area (Å²) in [4.78, 5) is 4.38. The summed E-state index contributed by atoms with van der Waals surface area (Å²) < 4.78 is 50.1. The lowest BCUT2D eigenvalue weighted by Gasteiger charge is -2.14. The maximum Gasteiger partial charge on any atom is 0.262 e. The van der Waals surface area contributed by atoms with Gasteiger partial charge in [0.2, 0.25) is 0 Å². The summed E-state index contributed by atoms with van der Waals surface area (Å²) in [5.74, 6) is 2.08. The number of sulfonamides is 1. The number of ether oxygens (including phenoxy) is 3. The lowest BCUT2D eigenvalue weighted by Crippen LogP contribution is -2.14. The normalized spacial score (nSPS) is 11.4. The Bertz CT molecular complexity index is 1160. The first-order valence-electron chi connectivity index (χ1n) is 9.64. The molecule has 0 saturated carbocycles. The number of hydrogen-bond acceptors (Lipinski definition) is 8.